The molecule has 0 aliphatic rings. The predicted molar refractivity (Wildman–Crippen MR) is 131 cm³/mol. The molecule has 6 heteroatoms. The first kappa shape index (κ1) is 21.9. The van der Waals surface area contributed by atoms with Gasteiger partial charge in [0.15, 0.2) is 5.78 Å². The van der Waals surface area contributed by atoms with Crippen molar-refractivity contribution < 1.29 is 9.59 Å². The lowest BCUT2D eigenvalue weighted by Crippen LogP contribution is -2.13. The number of carbonyl (C=O) groups excluding carboxylic acids is 2. The van der Waals surface area contributed by atoms with E-state index in [9.17, 15) is 9.59 Å². The van der Waals surface area contributed by atoms with Crippen molar-refractivity contribution in [1.29, 1.82) is 0 Å². The van der Waals surface area contributed by atoms with Gasteiger partial charge in [-0.15, -0.1) is 11.3 Å². The Hall–Kier alpha value is -3.28. The third kappa shape index (κ3) is 5.31. The molecule has 1 N–H and O–H groups in total. The van der Waals surface area contributed by atoms with Crippen LogP contribution >= 0.6 is 22.9 Å². The van der Waals surface area contributed by atoms with Crippen LogP contribution in [0.1, 0.15) is 28.8 Å². The molecule has 3 aromatic carbocycles. The van der Waals surface area contributed by atoms with Crippen molar-refractivity contribution in [3.8, 4) is 21.8 Å². The van der Waals surface area contributed by atoms with E-state index in [2.05, 4.69) is 24.4 Å². The Bertz CT molecular complexity index is 1250. The van der Waals surface area contributed by atoms with Crippen molar-refractivity contribution in [2.24, 2.45) is 0 Å². The molecule has 4 nitrogen and oxygen atoms in total. The molecule has 0 saturated carbocycles. The number of ketones is 1. The number of nitrogens with one attached hydrogen (secondary N) is 1. The van der Waals surface area contributed by atoms with Crippen LogP contribution in [-0.2, 0) is 4.79 Å². The number of rotatable bonds is 7. The van der Waals surface area contributed by atoms with Crippen LogP contribution in [0.5, 0.6) is 0 Å². The maximum Gasteiger partial charge on any atom is 0.224 e. The SMILES string of the molecule is Cc1ccccc1-c1nc(-c2ccc(NC(=O)CCC(=O)c3ccc(Cl)cc3)cc2)cs1. The molecule has 0 aliphatic heterocycles. The smallest absolute Gasteiger partial charge is 0.224 e. The summed E-state index contributed by atoms with van der Waals surface area (Å²) in [5.41, 5.74) is 5.46. The summed E-state index contributed by atoms with van der Waals surface area (Å²) < 4.78 is 0. The van der Waals surface area contributed by atoms with Gasteiger partial charge in [0.2, 0.25) is 5.91 Å². The Labute approximate surface area is 195 Å². The van der Waals surface area contributed by atoms with Crippen molar-refractivity contribution in [2.45, 2.75) is 19.8 Å². The van der Waals surface area contributed by atoms with Gasteiger partial charge in [-0.25, -0.2) is 4.98 Å². The average Bonchev–Trinajstić information content (AvgIpc) is 3.29. The molecule has 160 valence electrons. The van der Waals surface area contributed by atoms with E-state index in [0.29, 0.717) is 16.3 Å². The van der Waals surface area contributed by atoms with E-state index in [1.807, 2.05) is 41.8 Å². The maximum absolute atomic E-state index is 12.3. The molecule has 0 radical (unpaired) electrons. The topological polar surface area (TPSA) is 59.1 Å². The van der Waals surface area contributed by atoms with Crippen LogP contribution in [0.4, 0.5) is 5.69 Å². The highest BCUT2D eigenvalue weighted by atomic mass is 35.5. The summed E-state index contributed by atoms with van der Waals surface area (Å²) in [5, 5.41) is 6.45. The van der Waals surface area contributed by atoms with Gasteiger partial charge in [0, 0.05) is 45.6 Å². The summed E-state index contributed by atoms with van der Waals surface area (Å²) in [7, 11) is 0. The number of halogens is 1. The number of thiazole rings is 1. The largest absolute Gasteiger partial charge is 0.326 e. The number of amides is 1. The minimum absolute atomic E-state index is 0.0832. The number of nitrogens with zero attached hydrogens (tertiary/aromatic N) is 1. The monoisotopic (exact) mass is 460 g/mol. The molecule has 4 rings (SSSR count). The van der Waals surface area contributed by atoms with E-state index in [1.165, 1.54) is 5.56 Å². The van der Waals surface area contributed by atoms with Crippen molar-refractivity contribution >= 4 is 40.3 Å². The molecular formula is C26H21ClN2O2S. The van der Waals surface area contributed by atoms with Gasteiger partial charge in [-0.3, -0.25) is 9.59 Å². The van der Waals surface area contributed by atoms with Crippen LogP contribution in [0, 0.1) is 6.92 Å². The van der Waals surface area contributed by atoms with Crippen molar-refractivity contribution in [3.05, 3.63) is 94.3 Å². The molecule has 0 saturated heterocycles. The Balaban J connectivity index is 1.35. The van der Waals surface area contributed by atoms with E-state index < -0.39 is 0 Å². The second-order valence-corrected chi connectivity index (χ2v) is 8.70. The summed E-state index contributed by atoms with van der Waals surface area (Å²) in [6, 6.07) is 22.4. The fraction of sp³-hybridized carbons (Fsp3) is 0.115. The highest BCUT2D eigenvalue weighted by molar-refractivity contribution is 7.13. The van der Waals surface area contributed by atoms with Gasteiger partial charge >= 0.3 is 0 Å². The second kappa shape index (κ2) is 9.90. The molecule has 0 spiro atoms. The first-order valence-electron chi connectivity index (χ1n) is 10.2. The first-order chi connectivity index (χ1) is 15.5. The molecule has 1 amide bonds. The molecule has 0 fully saturated rings. The van der Waals surface area contributed by atoms with Gasteiger partial charge < -0.3 is 5.32 Å². The minimum atomic E-state index is -0.199. The van der Waals surface area contributed by atoms with Crippen molar-refractivity contribution in [3.63, 3.8) is 0 Å². The standard InChI is InChI=1S/C26H21ClN2O2S/c1-17-4-2-3-5-22(17)26-29-23(16-32-26)18-8-12-21(13-9-18)28-25(31)15-14-24(30)19-6-10-20(27)11-7-19/h2-13,16H,14-15H2,1H3,(H,28,31). The normalized spacial score (nSPS) is 10.7. The van der Waals surface area contributed by atoms with Crippen molar-refractivity contribution in [2.75, 3.05) is 5.32 Å². The molecular weight excluding hydrogens is 440 g/mol. The molecule has 4 aromatic rings. The number of carbonyl (C=O) groups is 2. The molecule has 1 heterocycles. The number of aryl methyl sites for hydroxylation is 1. The zero-order chi connectivity index (χ0) is 22.5. The fourth-order valence-corrected chi connectivity index (χ4v) is 4.34. The molecule has 0 unspecified atom stereocenters. The molecule has 0 aliphatic carbocycles. The number of benzene rings is 3. The van der Waals surface area contributed by atoms with E-state index in [1.54, 1.807) is 35.6 Å². The predicted octanol–water partition coefficient (Wildman–Crippen LogP) is 7.04. The average molecular weight is 461 g/mol. The molecule has 0 bridgehead atoms. The lowest BCUT2D eigenvalue weighted by molar-refractivity contribution is -0.116. The molecule has 1 aromatic heterocycles. The van der Waals surface area contributed by atoms with Gasteiger partial charge in [0.1, 0.15) is 5.01 Å². The Kier molecular flexibility index (Phi) is 6.78. The van der Waals surface area contributed by atoms with Gasteiger partial charge in [-0.2, -0.15) is 0 Å². The number of hydrogen-bond donors (Lipinski definition) is 1. The zero-order valence-corrected chi connectivity index (χ0v) is 19.0. The van der Waals surface area contributed by atoms with E-state index in [-0.39, 0.29) is 24.5 Å². The lowest BCUT2D eigenvalue weighted by Gasteiger charge is -2.06. The highest BCUT2D eigenvalue weighted by Gasteiger charge is 2.11. The van der Waals surface area contributed by atoms with Crippen LogP contribution in [0.25, 0.3) is 21.8 Å². The quantitative estimate of drug-likeness (QED) is 0.301. The van der Waals surface area contributed by atoms with Gasteiger partial charge in [-0.1, -0.05) is 48.0 Å². The van der Waals surface area contributed by atoms with Gasteiger partial charge in [-0.05, 0) is 48.9 Å². The third-order valence-corrected chi connectivity index (χ3v) is 6.22. The number of anilines is 1. The van der Waals surface area contributed by atoms with Crippen LogP contribution in [0.2, 0.25) is 5.02 Å². The van der Waals surface area contributed by atoms with Gasteiger partial charge in [0.05, 0.1) is 5.69 Å². The summed E-state index contributed by atoms with van der Waals surface area (Å²) in [6.07, 6.45) is 0.265. The molecule has 32 heavy (non-hydrogen) atoms. The first-order valence-corrected chi connectivity index (χ1v) is 11.5. The lowest BCUT2D eigenvalue weighted by atomic mass is 10.1. The zero-order valence-electron chi connectivity index (χ0n) is 17.5. The Morgan fingerprint density at radius 3 is 2.38 bits per heavy atom. The van der Waals surface area contributed by atoms with E-state index >= 15 is 0 Å². The summed E-state index contributed by atoms with van der Waals surface area (Å²) >= 11 is 7.46. The van der Waals surface area contributed by atoms with Crippen LogP contribution in [0.3, 0.4) is 0 Å². The number of Topliss-reactive ketones (excluding diaryl/α,β-unsaturated/α-hetero) is 1. The summed E-state index contributed by atoms with van der Waals surface area (Å²) in [6.45, 7) is 2.08. The summed E-state index contributed by atoms with van der Waals surface area (Å²) in [4.78, 5) is 29.2. The van der Waals surface area contributed by atoms with Crippen LogP contribution in [-0.4, -0.2) is 16.7 Å². The van der Waals surface area contributed by atoms with E-state index in [4.69, 9.17) is 16.6 Å². The minimum Gasteiger partial charge on any atom is -0.326 e. The Morgan fingerprint density at radius 1 is 0.938 bits per heavy atom. The fourth-order valence-electron chi connectivity index (χ4n) is 3.30. The Morgan fingerprint density at radius 2 is 1.66 bits per heavy atom. The summed E-state index contributed by atoms with van der Waals surface area (Å²) in [5.74, 6) is -0.282. The maximum atomic E-state index is 12.3. The third-order valence-electron chi connectivity index (χ3n) is 5.09. The van der Waals surface area contributed by atoms with Gasteiger partial charge in [0.25, 0.3) is 0 Å². The molecule has 0 atom stereocenters. The second-order valence-electron chi connectivity index (χ2n) is 7.41. The van der Waals surface area contributed by atoms with Crippen molar-refractivity contribution in [1.82, 2.24) is 4.98 Å². The number of aromatic nitrogens is 1. The van der Waals surface area contributed by atoms with Crippen LogP contribution < -0.4 is 5.32 Å². The highest BCUT2D eigenvalue weighted by Crippen LogP contribution is 2.31. The van der Waals surface area contributed by atoms with E-state index in [0.717, 1.165) is 21.8 Å². The number of hydrogen-bond acceptors (Lipinski definition) is 4. The van der Waals surface area contributed by atoms with Crippen LogP contribution in [0.15, 0.2) is 78.2 Å².